The Labute approximate surface area is 133 Å². The molecule has 0 aromatic heterocycles. The number of hydrogen-bond acceptors (Lipinski definition) is 5. The summed E-state index contributed by atoms with van der Waals surface area (Å²) < 4.78 is 23.6. The van der Waals surface area contributed by atoms with Gasteiger partial charge in [0.25, 0.3) is 0 Å². The molecule has 5 nitrogen and oxygen atoms in total. The molecule has 0 amide bonds. The van der Waals surface area contributed by atoms with Gasteiger partial charge in [-0.15, -0.1) is 0 Å². The van der Waals surface area contributed by atoms with Crippen molar-refractivity contribution in [1.29, 1.82) is 0 Å². The van der Waals surface area contributed by atoms with Crippen molar-refractivity contribution in [2.24, 2.45) is 0 Å². The Morgan fingerprint density at radius 2 is 1.27 bits per heavy atom. The fourth-order valence-electron chi connectivity index (χ4n) is 3.28. The maximum absolute atomic E-state index is 12.8. The highest BCUT2D eigenvalue weighted by Gasteiger charge is 2.43. The fourth-order valence-corrected chi connectivity index (χ4v) is 5.45. The number of allylic oxidation sites excluding steroid dienone is 2. The van der Waals surface area contributed by atoms with E-state index in [1.165, 1.54) is 13.8 Å². The van der Waals surface area contributed by atoms with Crippen LogP contribution in [0, 0.1) is 0 Å². The first-order valence-corrected chi connectivity index (χ1v) is 9.15. The lowest BCUT2D eigenvalue weighted by Gasteiger charge is -2.25. The summed E-state index contributed by atoms with van der Waals surface area (Å²) in [6.07, 6.45) is 7.96. The third-order valence-corrected chi connectivity index (χ3v) is 6.47. The van der Waals surface area contributed by atoms with Crippen molar-refractivity contribution in [2.45, 2.75) is 75.1 Å². The summed E-state index contributed by atoms with van der Waals surface area (Å²) in [6, 6.07) is 0. The van der Waals surface area contributed by atoms with Crippen molar-refractivity contribution in [3.63, 3.8) is 0 Å². The average molecular weight is 328 g/mol. The predicted octanol–water partition coefficient (Wildman–Crippen LogP) is 2.26. The first-order chi connectivity index (χ1) is 10.5. The van der Waals surface area contributed by atoms with E-state index >= 15 is 0 Å². The van der Waals surface area contributed by atoms with Crippen LogP contribution in [-0.4, -0.2) is 38.9 Å². The molecule has 124 valence electrons. The van der Waals surface area contributed by atoms with Crippen molar-refractivity contribution < 1.29 is 23.3 Å². The number of hydrogen-bond donors (Lipinski definition) is 0. The van der Waals surface area contributed by atoms with Crippen molar-refractivity contribution in [2.75, 3.05) is 0 Å². The molecule has 2 rings (SSSR count). The van der Waals surface area contributed by atoms with Gasteiger partial charge in [-0.2, -0.15) is 0 Å². The average Bonchev–Trinajstić information content (AvgIpc) is 2.79. The summed E-state index contributed by atoms with van der Waals surface area (Å²) in [5.74, 6) is -0.665. The van der Waals surface area contributed by atoms with Gasteiger partial charge in [0.15, 0.2) is 0 Å². The van der Waals surface area contributed by atoms with E-state index in [2.05, 4.69) is 12.2 Å². The van der Waals surface area contributed by atoms with Crippen LogP contribution in [0.15, 0.2) is 12.2 Å². The third-order valence-electron chi connectivity index (χ3n) is 4.20. The lowest BCUT2D eigenvalue weighted by molar-refractivity contribution is -0.147. The molecule has 1 saturated heterocycles. The summed E-state index contributed by atoms with van der Waals surface area (Å²) in [4.78, 5) is 22.6. The minimum Gasteiger partial charge on any atom is -0.461 e. The van der Waals surface area contributed by atoms with Crippen LogP contribution in [0.2, 0.25) is 0 Å². The molecule has 0 aromatic carbocycles. The van der Waals surface area contributed by atoms with Gasteiger partial charge < -0.3 is 9.47 Å². The van der Waals surface area contributed by atoms with Gasteiger partial charge >= 0.3 is 11.9 Å². The van der Waals surface area contributed by atoms with E-state index in [4.69, 9.17) is 9.47 Å². The Morgan fingerprint density at radius 3 is 1.64 bits per heavy atom. The quantitative estimate of drug-likeness (QED) is 0.574. The second-order valence-electron chi connectivity index (χ2n) is 5.90. The van der Waals surface area contributed by atoms with E-state index in [9.17, 15) is 13.8 Å². The summed E-state index contributed by atoms with van der Waals surface area (Å²) >= 11 is 0. The van der Waals surface area contributed by atoms with E-state index < -0.39 is 10.8 Å². The normalized spacial score (nSPS) is 36.9. The number of ether oxygens (including phenoxy) is 2. The maximum Gasteiger partial charge on any atom is 0.302 e. The molecule has 2 aliphatic heterocycles. The molecule has 1 fully saturated rings. The molecule has 6 heteroatoms. The van der Waals surface area contributed by atoms with Gasteiger partial charge in [0, 0.05) is 24.6 Å². The predicted molar refractivity (Wildman–Crippen MR) is 83.7 cm³/mol. The van der Waals surface area contributed by atoms with Crippen LogP contribution in [0.1, 0.15) is 52.4 Å². The van der Waals surface area contributed by atoms with Crippen molar-refractivity contribution in [3.8, 4) is 0 Å². The number of esters is 2. The molecule has 0 saturated carbocycles. The first-order valence-electron chi connectivity index (χ1n) is 7.88. The smallest absolute Gasteiger partial charge is 0.302 e. The summed E-state index contributed by atoms with van der Waals surface area (Å²) in [5, 5.41) is -0.308. The third kappa shape index (κ3) is 4.41. The summed E-state index contributed by atoms with van der Waals surface area (Å²) in [5.41, 5.74) is 0. The van der Waals surface area contributed by atoms with Crippen LogP contribution in [0.4, 0.5) is 0 Å². The van der Waals surface area contributed by atoms with E-state index in [0.717, 1.165) is 25.7 Å². The monoisotopic (exact) mass is 328 g/mol. The molecule has 4 unspecified atom stereocenters. The standard InChI is InChI=1S/C16H24O5S/c1-11(17)20-13-7-5-3-4-6-8-14(21-12(2)18)16-10-9-15(13)22(16)19/h3-4,13-16H,5-10H2,1-2H3/b4-3-. The zero-order chi connectivity index (χ0) is 16.1. The highest BCUT2D eigenvalue weighted by Crippen LogP contribution is 2.34. The van der Waals surface area contributed by atoms with Crippen LogP contribution >= 0.6 is 0 Å². The fraction of sp³-hybridized carbons (Fsp3) is 0.750. The molecule has 0 aliphatic carbocycles. The number of rotatable bonds is 2. The summed E-state index contributed by atoms with van der Waals surface area (Å²) in [6.45, 7) is 2.77. The van der Waals surface area contributed by atoms with E-state index in [1.54, 1.807) is 0 Å². The Kier molecular flexibility index (Phi) is 6.17. The van der Waals surface area contributed by atoms with E-state index in [-0.39, 0.29) is 34.6 Å². The molecule has 2 heterocycles. The van der Waals surface area contributed by atoms with Crippen molar-refractivity contribution in [1.82, 2.24) is 0 Å². The highest BCUT2D eigenvalue weighted by atomic mass is 32.2. The molecular formula is C16H24O5S. The van der Waals surface area contributed by atoms with Crippen LogP contribution in [-0.2, 0) is 29.9 Å². The minimum absolute atomic E-state index is 0.154. The Hall–Kier alpha value is -1.17. The Balaban J connectivity index is 2.19. The molecule has 0 radical (unpaired) electrons. The zero-order valence-electron chi connectivity index (χ0n) is 13.2. The van der Waals surface area contributed by atoms with Gasteiger partial charge in [-0.1, -0.05) is 12.2 Å². The van der Waals surface area contributed by atoms with Crippen LogP contribution in [0.25, 0.3) is 0 Å². The Morgan fingerprint density at radius 1 is 0.864 bits per heavy atom. The first kappa shape index (κ1) is 17.2. The number of fused-ring (bicyclic) bond motifs is 2. The van der Waals surface area contributed by atoms with Gasteiger partial charge in [-0.05, 0) is 38.5 Å². The molecule has 0 aromatic rings. The molecular weight excluding hydrogens is 304 g/mol. The zero-order valence-corrected chi connectivity index (χ0v) is 14.0. The van der Waals surface area contributed by atoms with Crippen LogP contribution < -0.4 is 0 Å². The SMILES string of the molecule is CC(=O)OC1CC/C=C\CCC(OC(C)=O)C2CCC1S2=O. The lowest BCUT2D eigenvalue weighted by Crippen LogP contribution is -2.37. The minimum atomic E-state index is -1.15. The second kappa shape index (κ2) is 7.90. The van der Waals surface area contributed by atoms with Crippen molar-refractivity contribution in [3.05, 3.63) is 12.2 Å². The van der Waals surface area contributed by atoms with Crippen molar-refractivity contribution >= 4 is 22.7 Å². The van der Waals surface area contributed by atoms with E-state index in [0.29, 0.717) is 12.8 Å². The van der Waals surface area contributed by atoms with Gasteiger partial charge in [0.1, 0.15) is 12.2 Å². The maximum atomic E-state index is 12.8. The molecule has 22 heavy (non-hydrogen) atoms. The molecule has 2 bridgehead atoms. The van der Waals surface area contributed by atoms with E-state index in [1.807, 2.05) is 0 Å². The van der Waals surface area contributed by atoms with Gasteiger partial charge in [-0.25, -0.2) is 0 Å². The lowest BCUT2D eigenvalue weighted by atomic mass is 10.0. The number of carbonyl (C=O) groups is 2. The molecule has 2 aliphatic rings. The van der Waals surface area contributed by atoms with Crippen LogP contribution in [0.3, 0.4) is 0 Å². The summed E-state index contributed by atoms with van der Waals surface area (Å²) in [7, 11) is -1.15. The number of carbonyl (C=O) groups excluding carboxylic acids is 2. The topological polar surface area (TPSA) is 69.7 Å². The largest absolute Gasteiger partial charge is 0.461 e. The van der Waals surface area contributed by atoms with Gasteiger partial charge in [0.2, 0.25) is 0 Å². The second-order valence-corrected chi connectivity index (χ2v) is 7.77. The van der Waals surface area contributed by atoms with Crippen LogP contribution in [0.5, 0.6) is 0 Å². The van der Waals surface area contributed by atoms with Gasteiger partial charge in [0.05, 0.1) is 10.5 Å². The molecule has 4 atom stereocenters. The highest BCUT2D eigenvalue weighted by molar-refractivity contribution is 7.86. The molecule has 0 N–H and O–H groups in total. The van der Waals surface area contributed by atoms with Gasteiger partial charge in [-0.3, -0.25) is 13.8 Å². The molecule has 0 spiro atoms. The Bertz CT molecular complexity index is 433.